The summed E-state index contributed by atoms with van der Waals surface area (Å²) < 4.78 is 32.8. The van der Waals surface area contributed by atoms with Gasteiger partial charge in [0.25, 0.3) is 5.69 Å². The number of ether oxygens (including phenoxy) is 1. The lowest BCUT2D eigenvalue weighted by atomic mass is 9.97. The maximum Gasteiger partial charge on any atom is 0.270 e. The Kier molecular flexibility index (Phi) is 7.03. The molecule has 1 amide bonds. The molecule has 34 heavy (non-hydrogen) atoms. The van der Waals surface area contributed by atoms with Crippen molar-refractivity contribution in [3.05, 3.63) is 58.6 Å². The second-order valence-corrected chi connectivity index (χ2v) is 10.4. The zero-order chi connectivity index (χ0) is 24.3. The van der Waals surface area contributed by atoms with Gasteiger partial charge < -0.3 is 14.5 Å². The molecule has 1 unspecified atom stereocenters. The van der Waals surface area contributed by atoms with E-state index in [1.807, 2.05) is 29.2 Å². The molecule has 2 heterocycles. The molecule has 0 radical (unpaired) electrons. The van der Waals surface area contributed by atoms with Crippen molar-refractivity contribution < 1.29 is 22.9 Å². The number of nitro benzene ring substituents is 1. The van der Waals surface area contributed by atoms with E-state index in [9.17, 15) is 23.3 Å². The number of hydrogen-bond acceptors (Lipinski definition) is 7. The summed E-state index contributed by atoms with van der Waals surface area (Å²) in [5.74, 6) is 0.318. The summed E-state index contributed by atoms with van der Waals surface area (Å²) in [5, 5.41) is 11.1. The van der Waals surface area contributed by atoms with Crippen LogP contribution in [-0.2, 0) is 14.8 Å². The molecular weight excluding hydrogens is 460 g/mol. The quantitative estimate of drug-likeness (QED) is 0.453. The van der Waals surface area contributed by atoms with Gasteiger partial charge in [-0.2, -0.15) is 4.31 Å². The van der Waals surface area contributed by atoms with Crippen molar-refractivity contribution in [1.82, 2.24) is 9.21 Å². The van der Waals surface area contributed by atoms with E-state index in [0.717, 1.165) is 17.5 Å². The topological polar surface area (TPSA) is 113 Å². The Morgan fingerprint density at radius 2 is 1.79 bits per heavy atom. The summed E-state index contributed by atoms with van der Waals surface area (Å²) >= 11 is 0. The Morgan fingerprint density at radius 1 is 1.06 bits per heavy atom. The van der Waals surface area contributed by atoms with E-state index in [1.165, 1.54) is 22.5 Å². The van der Waals surface area contributed by atoms with Crippen molar-refractivity contribution in [2.24, 2.45) is 5.92 Å². The number of nitrogens with zero attached hydrogens (tertiary/aromatic N) is 4. The van der Waals surface area contributed by atoms with Gasteiger partial charge >= 0.3 is 0 Å². The number of benzene rings is 2. The fourth-order valence-electron chi connectivity index (χ4n) is 4.52. The molecule has 0 aromatic heterocycles. The van der Waals surface area contributed by atoms with E-state index in [2.05, 4.69) is 4.90 Å². The van der Waals surface area contributed by atoms with Gasteiger partial charge in [-0.25, -0.2) is 8.42 Å². The molecule has 4 rings (SSSR count). The number of methoxy groups -OCH3 is 1. The highest BCUT2D eigenvalue weighted by Gasteiger charge is 2.36. The predicted molar refractivity (Wildman–Crippen MR) is 126 cm³/mol. The van der Waals surface area contributed by atoms with E-state index < -0.39 is 20.9 Å². The summed E-state index contributed by atoms with van der Waals surface area (Å²) in [7, 11) is -2.30. The van der Waals surface area contributed by atoms with Gasteiger partial charge in [0.2, 0.25) is 15.9 Å². The standard InChI is InChI=1S/C23H28N4O6S/c1-33-21-8-2-6-19(15-21)24-11-13-25(14-12-24)23(28)18-5-4-10-26(17-18)34(31,32)22-9-3-7-20(16-22)27(29)30/h2-3,6-9,15-16,18H,4-5,10-14,17H2,1H3. The van der Waals surface area contributed by atoms with Gasteiger partial charge in [-0.05, 0) is 31.0 Å². The van der Waals surface area contributed by atoms with Crippen LogP contribution >= 0.6 is 0 Å². The van der Waals surface area contributed by atoms with Crippen LogP contribution in [0, 0.1) is 16.0 Å². The zero-order valence-corrected chi connectivity index (χ0v) is 19.8. The molecule has 2 aliphatic heterocycles. The summed E-state index contributed by atoms with van der Waals surface area (Å²) in [6.45, 7) is 2.86. The van der Waals surface area contributed by atoms with Crippen LogP contribution in [0.15, 0.2) is 53.4 Å². The van der Waals surface area contributed by atoms with Crippen molar-refractivity contribution in [3.63, 3.8) is 0 Å². The van der Waals surface area contributed by atoms with Gasteiger partial charge in [0, 0.05) is 63.2 Å². The Balaban J connectivity index is 1.40. The molecular formula is C23H28N4O6S. The van der Waals surface area contributed by atoms with Crippen LogP contribution in [0.1, 0.15) is 12.8 Å². The predicted octanol–water partition coefficient (Wildman–Crippen LogP) is 2.35. The summed E-state index contributed by atoms with van der Waals surface area (Å²) in [5.41, 5.74) is 0.762. The Morgan fingerprint density at radius 3 is 2.50 bits per heavy atom. The Hall–Kier alpha value is -3.18. The van der Waals surface area contributed by atoms with E-state index in [0.29, 0.717) is 45.6 Å². The van der Waals surface area contributed by atoms with Gasteiger partial charge in [0.15, 0.2) is 0 Å². The molecule has 1 atom stereocenters. The maximum atomic E-state index is 13.2. The third kappa shape index (κ3) is 5.00. The van der Waals surface area contributed by atoms with Crippen LogP contribution in [0.4, 0.5) is 11.4 Å². The number of nitro groups is 1. The number of carbonyl (C=O) groups excluding carboxylic acids is 1. The van der Waals surface area contributed by atoms with Crippen molar-refractivity contribution >= 4 is 27.3 Å². The van der Waals surface area contributed by atoms with Crippen LogP contribution in [0.5, 0.6) is 5.75 Å². The SMILES string of the molecule is COc1cccc(N2CCN(C(=O)C3CCCN(S(=O)(=O)c4cccc([N+](=O)[O-])c4)C3)CC2)c1. The van der Waals surface area contributed by atoms with E-state index in [-0.39, 0.29) is 23.0 Å². The monoisotopic (exact) mass is 488 g/mol. The molecule has 2 aromatic carbocycles. The van der Waals surface area contributed by atoms with Crippen LogP contribution in [0.2, 0.25) is 0 Å². The second kappa shape index (κ2) is 9.98. The van der Waals surface area contributed by atoms with Gasteiger partial charge in [0.05, 0.1) is 22.8 Å². The average molecular weight is 489 g/mol. The lowest BCUT2D eigenvalue weighted by Gasteiger charge is -2.39. The molecule has 11 heteroatoms. The van der Waals surface area contributed by atoms with Crippen LogP contribution < -0.4 is 9.64 Å². The molecule has 2 aliphatic rings. The van der Waals surface area contributed by atoms with Crippen LogP contribution in [-0.4, -0.2) is 74.8 Å². The Labute approximate surface area is 198 Å². The number of sulfonamides is 1. The first kappa shape index (κ1) is 24.0. The molecule has 2 aromatic rings. The van der Waals surface area contributed by atoms with Crippen molar-refractivity contribution in [1.29, 1.82) is 0 Å². The number of piperidine rings is 1. The molecule has 0 spiro atoms. The lowest BCUT2D eigenvalue weighted by Crippen LogP contribution is -2.53. The number of amides is 1. The van der Waals surface area contributed by atoms with E-state index in [4.69, 9.17) is 4.74 Å². The largest absolute Gasteiger partial charge is 0.497 e. The molecule has 0 aliphatic carbocycles. The Bertz CT molecular complexity index is 1160. The number of anilines is 1. The highest BCUT2D eigenvalue weighted by Crippen LogP contribution is 2.28. The smallest absolute Gasteiger partial charge is 0.270 e. The number of piperazine rings is 1. The first-order chi connectivity index (χ1) is 16.3. The first-order valence-electron chi connectivity index (χ1n) is 11.2. The summed E-state index contributed by atoms with van der Waals surface area (Å²) in [6, 6.07) is 12.8. The molecule has 2 saturated heterocycles. The van der Waals surface area contributed by atoms with Gasteiger partial charge in [-0.15, -0.1) is 0 Å². The minimum Gasteiger partial charge on any atom is -0.497 e. The normalized spacial score (nSPS) is 19.6. The van der Waals surface area contributed by atoms with Crippen molar-refractivity contribution in [2.45, 2.75) is 17.7 Å². The zero-order valence-electron chi connectivity index (χ0n) is 19.0. The number of hydrogen-bond donors (Lipinski definition) is 0. The number of rotatable bonds is 6. The minimum absolute atomic E-state index is 0.0377. The third-order valence-electron chi connectivity index (χ3n) is 6.41. The molecule has 0 N–H and O–H groups in total. The average Bonchev–Trinajstić information content (AvgIpc) is 2.88. The second-order valence-electron chi connectivity index (χ2n) is 8.47. The van der Waals surface area contributed by atoms with Gasteiger partial charge in [-0.1, -0.05) is 12.1 Å². The molecule has 2 fully saturated rings. The number of carbonyl (C=O) groups is 1. The van der Waals surface area contributed by atoms with Crippen LogP contribution in [0.3, 0.4) is 0 Å². The minimum atomic E-state index is -3.93. The molecule has 10 nitrogen and oxygen atoms in total. The highest BCUT2D eigenvalue weighted by molar-refractivity contribution is 7.89. The van der Waals surface area contributed by atoms with Gasteiger partial charge in [-0.3, -0.25) is 14.9 Å². The number of non-ortho nitro benzene ring substituents is 1. The fourth-order valence-corrected chi connectivity index (χ4v) is 6.08. The van der Waals surface area contributed by atoms with Crippen molar-refractivity contribution in [2.75, 3.05) is 51.3 Å². The van der Waals surface area contributed by atoms with Gasteiger partial charge in [0.1, 0.15) is 5.75 Å². The van der Waals surface area contributed by atoms with E-state index in [1.54, 1.807) is 7.11 Å². The summed E-state index contributed by atoms with van der Waals surface area (Å²) in [4.78, 5) is 27.6. The molecule has 0 bridgehead atoms. The molecule has 0 saturated carbocycles. The highest BCUT2D eigenvalue weighted by atomic mass is 32.2. The molecule has 182 valence electrons. The first-order valence-corrected chi connectivity index (χ1v) is 12.7. The van der Waals surface area contributed by atoms with Crippen molar-refractivity contribution in [3.8, 4) is 5.75 Å². The van der Waals surface area contributed by atoms with E-state index >= 15 is 0 Å². The fraction of sp³-hybridized carbons (Fsp3) is 0.435. The van der Waals surface area contributed by atoms with Crippen LogP contribution in [0.25, 0.3) is 0 Å². The lowest BCUT2D eigenvalue weighted by molar-refractivity contribution is -0.385. The third-order valence-corrected chi connectivity index (χ3v) is 8.27. The maximum absolute atomic E-state index is 13.2. The summed E-state index contributed by atoms with van der Waals surface area (Å²) in [6.07, 6.45) is 1.18.